The number of amides is 1. The monoisotopic (exact) mass is 245 g/mol. The molecule has 0 saturated carbocycles. The molecule has 0 aliphatic carbocycles. The summed E-state index contributed by atoms with van der Waals surface area (Å²) >= 11 is 0. The molecule has 1 amide bonds. The Bertz CT molecular complexity index is 402. The van der Waals surface area contributed by atoms with E-state index in [0.717, 1.165) is 19.4 Å². The first kappa shape index (κ1) is 13.1. The van der Waals surface area contributed by atoms with E-state index in [1.807, 2.05) is 4.90 Å². The molecule has 0 unspecified atom stereocenters. The van der Waals surface area contributed by atoms with Crippen molar-refractivity contribution >= 4 is 6.41 Å². The highest BCUT2D eigenvalue weighted by Crippen LogP contribution is 2.37. The third-order valence-electron chi connectivity index (χ3n) is 3.99. The molecule has 1 aliphatic heterocycles. The van der Waals surface area contributed by atoms with Crippen LogP contribution in [0.5, 0.6) is 0 Å². The maximum atomic E-state index is 11.3. The van der Waals surface area contributed by atoms with E-state index in [1.54, 1.807) is 0 Å². The van der Waals surface area contributed by atoms with Gasteiger partial charge in [0.2, 0.25) is 6.41 Å². The fourth-order valence-electron chi connectivity index (χ4n) is 3.01. The molecule has 0 saturated heterocycles. The minimum Gasteiger partial charge on any atom is -0.338 e. The van der Waals surface area contributed by atoms with E-state index < -0.39 is 0 Å². The van der Waals surface area contributed by atoms with Crippen molar-refractivity contribution < 1.29 is 4.79 Å². The average Bonchev–Trinajstić information content (AvgIpc) is 2.41. The molecule has 18 heavy (non-hydrogen) atoms. The van der Waals surface area contributed by atoms with Crippen LogP contribution in [0.25, 0.3) is 0 Å². The van der Waals surface area contributed by atoms with Crippen LogP contribution in [0.3, 0.4) is 0 Å². The molecular formula is C16H23NO. The fraction of sp³-hybridized carbons (Fsp3) is 0.562. The molecular weight excluding hydrogens is 222 g/mol. The van der Waals surface area contributed by atoms with E-state index in [2.05, 4.69) is 38.1 Å². The van der Waals surface area contributed by atoms with Gasteiger partial charge in [0.15, 0.2) is 0 Å². The number of nitrogens with zero attached hydrogens (tertiary/aromatic N) is 1. The second kappa shape index (κ2) is 6.03. The SMILES string of the molecule is CCCCC[C@@H]1c2ccccc2[C@@H](C)CN1C=O. The topological polar surface area (TPSA) is 20.3 Å². The number of carbonyl (C=O) groups is 1. The van der Waals surface area contributed by atoms with Gasteiger partial charge in [-0.15, -0.1) is 0 Å². The Morgan fingerprint density at radius 1 is 1.28 bits per heavy atom. The molecule has 1 heterocycles. The van der Waals surface area contributed by atoms with Crippen LogP contribution in [0.4, 0.5) is 0 Å². The summed E-state index contributed by atoms with van der Waals surface area (Å²) in [7, 11) is 0. The van der Waals surface area contributed by atoms with Crippen molar-refractivity contribution in [2.75, 3.05) is 6.54 Å². The van der Waals surface area contributed by atoms with E-state index in [1.165, 1.54) is 30.4 Å². The predicted octanol–water partition coefficient (Wildman–Crippen LogP) is 3.88. The van der Waals surface area contributed by atoms with Crippen molar-refractivity contribution in [1.29, 1.82) is 0 Å². The minimum absolute atomic E-state index is 0.293. The van der Waals surface area contributed by atoms with Crippen molar-refractivity contribution in [2.45, 2.75) is 51.5 Å². The second-order valence-corrected chi connectivity index (χ2v) is 5.34. The number of carbonyl (C=O) groups excluding carboxylic acids is 1. The van der Waals surface area contributed by atoms with Gasteiger partial charge in [0.25, 0.3) is 0 Å². The maximum Gasteiger partial charge on any atom is 0.210 e. The summed E-state index contributed by atoms with van der Waals surface area (Å²) in [5.74, 6) is 0.453. The lowest BCUT2D eigenvalue weighted by Crippen LogP contribution is -2.36. The molecule has 98 valence electrons. The van der Waals surface area contributed by atoms with Crippen molar-refractivity contribution in [1.82, 2.24) is 4.90 Å². The van der Waals surface area contributed by atoms with Gasteiger partial charge in [-0.25, -0.2) is 0 Å². The fourth-order valence-corrected chi connectivity index (χ4v) is 3.01. The van der Waals surface area contributed by atoms with E-state index in [-0.39, 0.29) is 0 Å². The smallest absolute Gasteiger partial charge is 0.210 e. The number of unbranched alkanes of at least 4 members (excludes halogenated alkanes) is 2. The largest absolute Gasteiger partial charge is 0.338 e. The first-order valence-corrected chi connectivity index (χ1v) is 7.07. The molecule has 2 atom stereocenters. The molecule has 2 heteroatoms. The van der Waals surface area contributed by atoms with Crippen LogP contribution in [-0.2, 0) is 4.79 Å². The van der Waals surface area contributed by atoms with Gasteiger partial charge in [-0.05, 0) is 23.5 Å². The summed E-state index contributed by atoms with van der Waals surface area (Å²) in [6, 6.07) is 8.90. The summed E-state index contributed by atoms with van der Waals surface area (Å²) in [6.07, 6.45) is 5.81. The highest BCUT2D eigenvalue weighted by molar-refractivity contribution is 5.52. The maximum absolute atomic E-state index is 11.3. The van der Waals surface area contributed by atoms with Crippen molar-refractivity contribution in [2.24, 2.45) is 0 Å². The second-order valence-electron chi connectivity index (χ2n) is 5.34. The molecule has 2 rings (SSSR count). The lowest BCUT2D eigenvalue weighted by Gasteiger charge is -2.38. The third-order valence-corrected chi connectivity index (χ3v) is 3.99. The number of hydrogen-bond donors (Lipinski definition) is 0. The molecule has 0 N–H and O–H groups in total. The number of benzene rings is 1. The van der Waals surface area contributed by atoms with Crippen molar-refractivity contribution in [3.8, 4) is 0 Å². The van der Waals surface area contributed by atoms with E-state index in [0.29, 0.717) is 12.0 Å². The summed E-state index contributed by atoms with van der Waals surface area (Å²) in [4.78, 5) is 13.3. The lowest BCUT2D eigenvalue weighted by atomic mass is 9.84. The van der Waals surface area contributed by atoms with Crippen molar-refractivity contribution in [3.05, 3.63) is 35.4 Å². The van der Waals surface area contributed by atoms with Gasteiger partial charge in [-0.1, -0.05) is 57.4 Å². The summed E-state index contributed by atoms with van der Waals surface area (Å²) in [5.41, 5.74) is 2.79. The first-order valence-electron chi connectivity index (χ1n) is 7.07. The Morgan fingerprint density at radius 3 is 2.67 bits per heavy atom. The predicted molar refractivity (Wildman–Crippen MR) is 74.5 cm³/mol. The van der Waals surface area contributed by atoms with Crippen LogP contribution >= 0.6 is 0 Å². The van der Waals surface area contributed by atoms with Gasteiger partial charge < -0.3 is 4.90 Å². The molecule has 0 fully saturated rings. The normalized spacial score (nSPS) is 22.7. The summed E-state index contributed by atoms with van der Waals surface area (Å²) in [5, 5.41) is 0. The van der Waals surface area contributed by atoms with Gasteiger partial charge >= 0.3 is 0 Å². The highest BCUT2D eigenvalue weighted by atomic mass is 16.1. The van der Waals surface area contributed by atoms with Crippen LogP contribution in [0, 0.1) is 0 Å². The number of fused-ring (bicyclic) bond motifs is 1. The van der Waals surface area contributed by atoms with Crippen LogP contribution < -0.4 is 0 Å². The first-order chi connectivity index (χ1) is 8.77. The Hall–Kier alpha value is -1.31. The lowest BCUT2D eigenvalue weighted by molar-refractivity contribution is -0.121. The van der Waals surface area contributed by atoms with E-state index >= 15 is 0 Å². The highest BCUT2D eigenvalue weighted by Gasteiger charge is 2.29. The zero-order chi connectivity index (χ0) is 13.0. The quantitative estimate of drug-likeness (QED) is 0.569. The van der Waals surface area contributed by atoms with Crippen LogP contribution in [0.2, 0.25) is 0 Å². The molecule has 0 aromatic heterocycles. The van der Waals surface area contributed by atoms with Gasteiger partial charge in [-0.2, -0.15) is 0 Å². The minimum atomic E-state index is 0.293. The Morgan fingerprint density at radius 2 is 2.00 bits per heavy atom. The molecule has 2 nitrogen and oxygen atoms in total. The van der Waals surface area contributed by atoms with Gasteiger partial charge in [0.05, 0.1) is 6.04 Å². The Kier molecular flexibility index (Phi) is 4.40. The molecule has 1 aromatic carbocycles. The van der Waals surface area contributed by atoms with Crippen LogP contribution in [0.1, 0.15) is 62.6 Å². The van der Waals surface area contributed by atoms with Crippen LogP contribution in [-0.4, -0.2) is 17.9 Å². The summed E-state index contributed by atoms with van der Waals surface area (Å²) in [6.45, 7) is 5.28. The zero-order valence-electron chi connectivity index (χ0n) is 11.4. The zero-order valence-corrected chi connectivity index (χ0v) is 11.4. The molecule has 0 spiro atoms. The molecule has 1 aliphatic rings. The molecule has 0 bridgehead atoms. The van der Waals surface area contributed by atoms with Crippen LogP contribution in [0.15, 0.2) is 24.3 Å². The Labute approximate surface area is 110 Å². The molecule has 1 aromatic rings. The number of hydrogen-bond acceptors (Lipinski definition) is 1. The van der Waals surface area contributed by atoms with Crippen molar-refractivity contribution in [3.63, 3.8) is 0 Å². The molecule has 0 radical (unpaired) electrons. The average molecular weight is 245 g/mol. The van der Waals surface area contributed by atoms with Gasteiger partial charge in [0.1, 0.15) is 0 Å². The van der Waals surface area contributed by atoms with E-state index in [4.69, 9.17) is 0 Å². The van der Waals surface area contributed by atoms with Gasteiger partial charge in [0, 0.05) is 6.54 Å². The third kappa shape index (κ3) is 2.58. The number of rotatable bonds is 5. The van der Waals surface area contributed by atoms with E-state index in [9.17, 15) is 4.79 Å². The standard InChI is InChI=1S/C16H23NO/c1-3-4-5-10-16-15-9-7-6-8-14(15)13(2)11-17(16)12-18/h6-9,12-13,16H,3-5,10-11H2,1-2H3/t13-,16+/m0/s1. The Balaban J connectivity index is 2.23. The van der Waals surface area contributed by atoms with Gasteiger partial charge in [-0.3, -0.25) is 4.79 Å². The summed E-state index contributed by atoms with van der Waals surface area (Å²) < 4.78 is 0.